The summed E-state index contributed by atoms with van der Waals surface area (Å²) in [7, 11) is 0. The standard InChI is InChI=1S/C21H30N4O3/c1-3-27-14-6-11-22-21(26)17-9-12-25(13-10-17)15-19-23-20(24-28-19)18-8-5-4-7-16(18)2/h4-5,7-8,17H,3,6,9-15H2,1-2H3,(H,22,26). The molecule has 1 N–H and O–H groups in total. The highest BCUT2D eigenvalue weighted by Gasteiger charge is 2.25. The van der Waals surface area contributed by atoms with Gasteiger partial charge in [-0.25, -0.2) is 0 Å². The zero-order chi connectivity index (χ0) is 19.8. The Balaban J connectivity index is 1.42. The topological polar surface area (TPSA) is 80.5 Å². The van der Waals surface area contributed by atoms with Gasteiger partial charge in [-0.3, -0.25) is 9.69 Å². The van der Waals surface area contributed by atoms with Gasteiger partial charge in [0.15, 0.2) is 0 Å². The van der Waals surface area contributed by atoms with Gasteiger partial charge in [0.05, 0.1) is 6.54 Å². The molecule has 7 nitrogen and oxygen atoms in total. The molecule has 2 heterocycles. The number of likely N-dealkylation sites (tertiary alicyclic amines) is 1. The average Bonchev–Trinajstić information content (AvgIpc) is 3.17. The summed E-state index contributed by atoms with van der Waals surface area (Å²) in [5, 5.41) is 7.15. The third kappa shape index (κ3) is 5.62. The summed E-state index contributed by atoms with van der Waals surface area (Å²) in [4.78, 5) is 19.1. The molecule has 1 aliphatic heterocycles. The van der Waals surface area contributed by atoms with E-state index in [9.17, 15) is 4.79 Å². The van der Waals surface area contributed by atoms with Crippen LogP contribution < -0.4 is 5.32 Å². The fraction of sp³-hybridized carbons (Fsp3) is 0.571. The lowest BCUT2D eigenvalue weighted by Gasteiger charge is -2.30. The highest BCUT2D eigenvalue weighted by molar-refractivity contribution is 5.78. The fourth-order valence-electron chi connectivity index (χ4n) is 3.47. The van der Waals surface area contributed by atoms with Crippen molar-refractivity contribution in [2.75, 3.05) is 32.8 Å². The number of ether oxygens (including phenoxy) is 1. The summed E-state index contributed by atoms with van der Waals surface area (Å²) in [5.74, 6) is 1.51. The van der Waals surface area contributed by atoms with Crippen LogP contribution in [0.15, 0.2) is 28.8 Å². The molecule has 0 unspecified atom stereocenters. The van der Waals surface area contributed by atoms with Crippen LogP contribution in [0, 0.1) is 12.8 Å². The normalized spacial score (nSPS) is 15.6. The Morgan fingerprint density at radius 2 is 2.11 bits per heavy atom. The number of benzene rings is 1. The van der Waals surface area contributed by atoms with Gasteiger partial charge >= 0.3 is 0 Å². The minimum absolute atomic E-state index is 0.0913. The van der Waals surface area contributed by atoms with Crippen molar-refractivity contribution in [3.63, 3.8) is 0 Å². The van der Waals surface area contributed by atoms with Crippen LogP contribution in [0.3, 0.4) is 0 Å². The third-order valence-corrected chi connectivity index (χ3v) is 5.14. The van der Waals surface area contributed by atoms with Gasteiger partial charge in [-0.1, -0.05) is 29.4 Å². The highest BCUT2D eigenvalue weighted by atomic mass is 16.5. The van der Waals surface area contributed by atoms with Gasteiger partial charge in [-0.15, -0.1) is 0 Å². The second-order valence-electron chi connectivity index (χ2n) is 7.22. The maximum absolute atomic E-state index is 12.3. The van der Waals surface area contributed by atoms with Gasteiger partial charge in [-0.2, -0.15) is 4.98 Å². The molecule has 1 aromatic heterocycles. The molecule has 152 valence electrons. The van der Waals surface area contributed by atoms with E-state index in [0.29, 0.717) is 31.4 Å². The molecule has 1 saturated heterocycles. The molecule has 3 rings (SSSR count). The van der Waals surface area contributed by atoms with E-state index in [-0.39, 0.29) is 11.8 Å². The molecular weight excluding hydrogens is 356 g/mol. The smallest absolute Gasteiger partial charge is 0.241 e. The van der Waals surface area contributed by atoms with Crippen molar-refractivity contribution in [1.82, 2.24) is 20.4 Å². The summed E-state index contributed by atoms with van der Waals surface area (Å²) < 4.78 is 10.7. The van der Waals surface area contributed by atoms with Crippen LogP contribution in [-0.2, 0) is 16.1 Å². The maximum atomic E-state index is 12.3. The maximum Gasteiger partial charge on any atom is 0.241 e. The molecule has 1 amide bonds. The Morgan fingerprint density at radius 1 is 1.32 bits per heavy atom. The zero-order valence-electron chi connectivity index (χ0n) is 16.8. The molecule has 0 bridgehead atoms. The van der Waals surface area contributed by atoms with Crippen molar-refractivity contribution in [1.29, 1.82) is 0 Å². The Hall–Kier alpha value is -2.25. The quantitative estimate of drug-likeness (QED) is 0.668. The van der Waals surface area contributed by atoms with Crippen LogP contribution in [-0.4, -0.2) is 53.8 Å². The highest BCUT2D eigenvalue weighted by Crippen LogP contribution is 2.22. The summed E-state index contributed by atoms with van der Waals surface area (Å²) >= 11 is 0. The van der Waals surface area contributed by atoms with Crippen LogP contribution in [0.4, 0.5) is 0 Å². The molecule has 0 saturated carbocycles. The van der Waals surface area contributed by atoms with Gasteiger partial charge in [0.1, 0.15) is 0 Å². The number of amides is 1. The zero-order valence-corrected chi connectivity index (χ0v) is 16.8. The first-order chi connectivity index (χ1) is 13.7. The van der Waals surface area contributed by atoms with Crippen molar-refractivity contribution in [3.8, 4) is 11.4 Å². The van der Waals surface area contributed by atoms with Crippen LogP contribution in [0.5, 0.6) is 0 Å². The molecule has 0 aliphatic carbocycles. The molecule has 1 fully saturated rings. The van der Waals surface area contributed by atoms with E-state index >= 15 is 0 Å². The summed E-state index contributed by atoms with van der Waals surface area (Å²) in [6.07, 6.45) is 2.57. The number of aryl methyl sites for hydroxylation is 1. The van der Waals surface area contributed by atoms with E-state index in [2.05, 4.69) is 20.4 Å². The van der Waals surface area contributed by atoms with E-state index in [0.717, 1.165) is 50.1 Å². The van der Waals surface area contributed by atoms with E-state index in [1.807, 2.05) is 38.1 Å². The minimum atomic E-state index is 0.0913. The molecular formula is C21H30N4O3. The number of hydrogen-bond donors (Lipinski definition) is 1. The number of carbonyl (C=O) groups is 1. The van der Waals surface area contributed by atoms with E-state index in [1.54, 1.807) is 0 Å². The van der Waals surface area contributed by atoms with Crippen LogP contribution >= 0.6 is 0 Å². The van der Waals surface area contributed by atoms with Gasteiger partial charge in [0.2, 0.25) is 17.6 Å². The summed E-state index contributed by atoms with van der Waals surface area (Å²) in [6.45, 7) is 8.47. The van der Waals surface area contributed by atoms with Gasteiger partial charge in [0.25, 0.3) is 0 Å². The van der Waals surface area contributed by atoms with Crippen LogP contribution in [0.2, 0.25) is 0 Å². The number of nitrogens with zero attached hydrogens (tertiary/aromatic N) is 3. The van der Waals surface area contributed by atoms with Crippen LogP contribution in [0.1, 0.15) is 37.6 Å². The Labute approximate surface area is 166 Å². The first-order valence-electron chi connectivity index (χ1n) is 10.1. The number of rotatable bonds is 9. The lowest BCUT2D eigenvalue weighted by atomic mass is 9.96. The first-order valence-corrected chi connectivity index (χ1v) is 10.1. The van der Waals surface area contributed by atoms with Crippen molar-refractivity contribution < 1.29 is 14.1 Å². The van der Waals surface area contributed by atoms with Gasteiger partial charge < -0.3 is 14.6 Å². The van der Waals surface area contributed by atoms with Crippen molar-refractivity contribution >= 4 is 5.91 Å². The van der Waals surface area contributed by atoms with Crippen molar-refractivity contribution in [2.45, 2.75) is 39.7 Å². The van der Waals surface area contributed by atoms with E-state index < -0.39 is 0 Å². The SMILES string of the molecule is CCOCCCNC(=O)C1CCN(Cc2nc(-c3ccccc3C)no2)CC1. The number of aromatic nitrogens is 2. The van der Waals surface area contributed by atoms with Gasteiger partial charge in [-0.05, 0) is 51.8 Å². The molecule has 7 heteroatoms. The second kappa shape index (κ2) is 10.3. The van der Waals surface area contributed by atoms with Crippen molar-refractivity contribution in [3.05, 3.63) is 35.7 Å². The summed E-state index contributed by atoms with van der Waals surface area (Å²) in [5.41, 5.74) is 2.13. The Bertz CT molecular complexity index is 754. The minimum Gasteiger partial charge on any atom is -0.382 e. The first kappa shape index (κ1) is 20.5. The molecule has 1 aromatic carbocycles. The average molecular weight is 386 g/mol. The lowest BCUT2D eigenvalue weighted by molar-refractivity contribution is -0.126. The molecule has 28 heavy (non-hydrogen) atoms. The van der Waals surface area contributed by atoms with E-state index in [1.165, 1.54) is 0 Å². The molecule has 0 spiro atoms. The predicted molar refractivity (Wildman–Crippen MR) is 107 cm³/mol. The molecule has 1 aliphatic rings. The fourth-order valence-corrected chi connectivity index (χ4v) is 3.47. The Kier molecular flexibility index (Phi) is 7.56. The van der Waals surface area contributed by atoms with Gasteiger partial charge in [0, 0.05) is 31.2 Å². The Morgan fingerprint density at radius 3 is 2.86 bits per heavy atom. The molecule has 0 atom stereocenters. The van der Waals surface area contributed by atoms with E-state index in [4.69, 9.17) is 9.26 Å². The number of hydrogen-bond acceptors (Lipinski definition) is 6. The lowest BCUT2D eigenvalue weighted by Crippen LogP contribution is -2.40. The monoisotopic (exact) mass is 386 g/mol. The van der Waals surface area contributed by atoms with Crippen molar-refractivity contribution in [2.24, 2.45) is 5.92 Å². The second-order valence-corrected chi connectivity index (χ2v) is 7.22. The molecule has 0 radical (unpaired) electrons. The number of piperidine rings is 1. The predicted octanol–water partition coefficient (Wildman–Crippen LogP) is 2.80. The largest absolute Gasteiger partial charge is 0.382 e. The number of nitrogens with one attached hydrogen (secondary N) is 1. The van der Waals surface area contributed by atoms with Crippen LogP contribution in [0.25, 0.3) is 11.4 Å². The summed E-state index contributed by atoms with van der Waals surface area (Å²) in [6, 6.07) is 8.02. The third-order valence-electron chi connectivity index (χ3n) is 5.14. The molecule has 2 aromatic rings. The number of carbonyl (C=O) groups excluding carboxylic acids is 1.